The molecule has 0 aliphatic heterocycles. The Bertz CT molecular complexity index is 758. The number of alkyl halides is 5. The molecule has 2 aromatic rings. The zero-order valence-electron chi connectivity index (χ0n) is 12.1. The standard InChI is InChI=1S/C13H8ClF5N4O2/c14-9-5-8(10(24)22-23-3-1-20-2-4-23)6-21-11(9)25-7-12(15,16)13(17,18)19/h1-6H,7H2/p+1. The number of pyridine rings is 1. The van der Waals surface area contributed by atoms with Crippen LogP contribution in [-0.4, -0.2) is 34.6 Å². The van der Waals surface area contributed by atoms with E-state index >= 15 is 0 Å². The zero-order chi connectivity index (χ0) is 18.7. The number of nitrogens with zero attached hydrogens (tertiary/aromatic N) is 3. The van der Waals surface area contributed by atoms with Gasteiger partial charge in [0.15, 0.2) is 6.61 Å². The highest BCUT2D eigenvalue weighted by Gasteiger charge is 2.58. The maximum Gasteiger partial charge on any atom is 0.456 e. The van der Waals surface area contributed by atoms with E-state index in [0.717, 1.165) is 12.3 Å². The van der Waals surface area contributed by atoms with Gasteiger partial charge in [-0.2, -0.15) is 22.0 Å². The molecule has 6 nitrogen and oxygen atoms in total. The Hall–Kier alpha value is -2.56. The highest BCUT2D eigenvalue weighted by Crippen LogP contribution is 2.36. The van der Waals surface area contributed by atoms with Gasteiger partial charge in [0.05, 0.1) is 18.0 Å². The molecule has 0 bridgehead atoms. The Morgan fingerprint density at radius 2 is 1.88 bits per heavy atom. The molecule has 1 amide bonds. The van der Waals surface area contributed by atoms with Crippen LogP contribution in [0.4, 0.5) is 22.0 Å². The molecule has 0 aromatic carbocycles. The summed E-state index contributed by atoms with van der Waals surface area (Å²) in [6.45, 7) is -1.98. The summed E-state index contributed by atoms with van der Waals surface area (Å²) >= 11 is 5.71. The molecule has 1 N–H and O–H groups in total. The average Bonchev–Trinajstić information content (AvgIpc) is 2.53. The lowest BCUT2D eigenvalue weighted by Crippen LogP contribution is -2.47. The molecule has 0 fully saturated rings. The average molecular weight is 384 g/mol. The minimum Gasteiger partial charge on any atom is -0.470 e. The Balaban J connectivity index is 2.06. The first-order valence-corrected chi connectivity index (χ1v) is 6.83. The molecule has 0 saturated heterocycles. The van der Waals surface area contributed by atoms with Crippen LogP contribution in [-0.2, 0) is 0 Å². The van der Waals surface area contributed by atoms with Crippen LogP contribution >= 0.6 is 11.6 Å². The summed E-state index contributed by atoms with van der Waals surface area (Å²) in [5, 5.41) is -0.398. The van der Waals surface area contributed by atoms with Gasteiger partial charge in [-0.1, -0.05) is 16.3 Å². The van der Waals surface area contributed by atoms with Crippen molar-refractivity contribution in [3.05, 3.63) is 47.6 Å². The minimum atomic E-state index is -5.76. The van der Waals surface area contributed by atoms with Gasteiger partial charge < -0.3 is 4.74 Å². The molecule has 2 rings (SSSR count). The maximum atomic E-state index is 12.8. The summed E-state index contributed by atoms with van der Waals surface area (Å²) in [6.07, 6.45) is 0.838. The van der Waals surface area contributed by atoms with E-state index < -0.39 is 35.5 Å². The summed E-state index contributed by atoms with van der Waals surface area (Å²) in [6, 6.07) is 1.02. The van der Waals surface area contributed by atoms with E-state index in [2.05, 4.69) is 20.1 Å². The topological polar surface area (TPSA) is 68.0 Å². The van der Waals surface area contributed by atoms with Crippen molar-refractivity contribution in [1.82, 2.24) is 9.97 Å². The number of carbonyl (C=O) groups is 1. The van der Waals surface area contributed by atoms with Gasteiger partial charge in [-0.05, 0) is 6.07 Å². The monoisotopic (exact) mass is 383 g/mol. The highest BCUT2D eigenvalue weighted by atomic mass is 35.5. The third-order valence-electron chi connectivity index (χ3n) is 2.73. The van der Waals surface area contributed by atoms with Crippen molar-refractivity contribution >= 4 is 17.5 Å². The molecule has 2 heterocycles. The second kappa shape index (κ2) is 7.13. The van der Waals surface area contributed by atoms with E-state index in [1.165, 1.54) is 29.5 Å². The fourth-order valence-electron chi connectivity index (χ4n) is 1.47. The van der Waals surface area contributed by atoms with Crippen molar-refractivity contribution < 1.29 is 36.2 Å². The van der Waals surface area contributed by atoms with Crippen LogP contribution in [0.2, 0.25) is 5.02 Å². The Kier molecular flexibility index (Phi) is 5.36. The van der Waals surface area contributed by atoms with Crippen LogP contribution in [0.25, 0.3) is 0 Å². The van der Waals surface area contributed by atoms with E-state index in [4.69, 9.17) is 11.6 Å². The first-order chi connectivity index (χ1) is 11.6. The zero-order valence-corrected chi connectivity index (χ0v) is 12.9. The summed E-state index contributed by atoms with van der Waals surface area (Å²) in [4.78, 5) is 19.2. The Labute approximate surface area is 142 Å². The lowest BCUT2D eigenvalue weighted by atomic mass is 10.3. The maximum absolute atomic E-state index is 12.8. The van der Waals surface area contributed by atoms with Crippen molar-refractivity contribution in [3.8, 4) is 5.88 Å². The number of amides is 1. The van der Waals surface area contributed by atoms with Crippen LogP contribution in [0.15, 0.2) is 37.1 Å². The molecule has 0 aliphatic rings. The molecule has 12 heteroatoms. The van der Waals surface area contributed by atoms with Gasteiger partial charge in [0.2, 0.25) is 18.3 Å². The van der Waals surface area contributed by atoms with E-state index in [9.17, 15) is 26.7 Å². The fourth-order valence-corrected chi connectivity index (χ4v) is 1.69. The third kappa shape index (κ3) is 4.72. The largest absolute Gasteiger partial charge is 0.470 e. The number of hydrogen-bond acceptors (Lipinski definition) is 4. The molecular formula is C13H9ClF5N4O2+. The summed E-state index contributed by atoms with van der Waals surface area (Å²) in [7, 11) is 0. The minimum absolute atomic E-state index is 0.0655. The fraction of sp³-hybridized carbons (Fsp3) is 0.231. The molecule has 0 aliphatic carbocycles. The van der Waals surface area contributed by atoms with E-state index in [1.807, 2.05) is 0 Å². The second-order valence-corrected chi connectivity index (χ2v) is 5.00. The van der Waals surface area contributed by atoms with Crippen molar-refractivity contribution in [2.24, 2.45) is 0 Å². The molecule has 25 heavy (non-hydrogen) atoms. The van der Waals surface area contributed by atoms with Crippen LogP contribution < -0.4 is 14.8 Å². The molecule has 0 unspecified atom stereocenters. The molecule has 0 spiro atoms. The lowest BCUT2D eigenvalue weighted by Gasteiger charge is -2.19. The van der Waals surface area contributed by atoms with Gasteiger partial charge in [0, 0.05) is 6.20 Å². The number of rotatable bonds is 5. The van der Waals surface area contributed by atoms with Gasteiger partial charge in [0.25, 0.3) is 0 Å². The van der Waals surface area contributed by atoms with Crippen LogP contribution in [0.5, 0.6) is 5.88 Å². The number of halogens is 6. The molecule has 0 atom stereocenters. The number of hydrogen-bond donors (Lipinski definition) is 1. The third-order valence-corrected chi connectivity index (χ3v) is 3.00. The predicted molar refractivity (Wildman–Crippen MR) is 73.9 cm³/mol. The van der Waals surface area contributed by atoms with Crippen LogP contribution in [0.3, 0.4) is 0 Å². The first-order valence-electron chi connectivity index (χ1n) is 6.46. The van der Waals surface area contributed by atoms with Crippen LogP contribution in [0.1, 0.15) is 10.4 Å². The van der Waals surface area contributed by atoms with Gasteiger partial charge >= 0.3 is 18.0 Å². The van der Waals surface area contributed by atoms with Gasteiger partial charge in [-0.25, -0.2) is 4.98 Å². The summed E-state index contributed by atoms with van der Waals surface area (Å²) in [5.74, 6) is -6.37. The Morgan fingerprint density at radius 1 is 1.24 bits per heavy atom. The quantitative estimate of drug-likeness (QED) is 0.636. The van der Waals surface area contributed by atoms with Crippen molar-refractivity contribution in [2.75, 3.05) is 12.0 Å². The molecule has 134 valence electrons. The highest BCUT2D eigenvalue weighted by molar-refractivity contribution is 6.32. The lowest BCUT2D eigenvalue weighted by molar-refractivity contribution is -0.641. The number of ether oxygens (including phenoxy) is 1. The summed E-state index contributed by atoms with van der Waals surface area (Å²) < 4.78 is 67.4. The van der Waals surface area contributed by atoms with Crippen LogP contribution in [0, 0.1) is 0 Å². The van der Waals surface area contributed by atoms with Gasteiger partial charge in [-0.15, -0.1) is 5.43 Å². The van der Waals surface area contributed by atoms with Gasteiger partial charge in [-0.3, -0.25) is 9.78 Å². The number of nitrogens with one attached hydrogen (secondary N) is 1. The van der Waals surface area contributed by atoms with Crippen molar-refractivity contribution in [3.63, 3.8) is 0 Å². The molecule has 0 saturated carbocycles. The van der Waals surface area contributed by atoms with Crippen molar-refractivity contribution in [1.29, 1.82) is 0 Å². The Morgan fingerprint density at radius 3 is 2.44 bits per heavy atom. The molecule has 0 radical (unpaired) electrons. The van der Waals surface area contributed by atoms with E-state index in [0.29, 0.717) is 0 Å². The van der Waals surface area contributed by atoms with E-state index in [1.54, 1.807) is 0 Å². The van der Waals surface area contributed by atoms with E-state index in [-0.39, 0.29) is 5.56 Å². The number of carbonyl (C=O) groups excluding carboxylic acids is 1. The second-order valence-electron chi connectivity index (χ2n) is 4.60. The number of aromatic nitrogens is 3. The smallest absolute Gasteiger partial charge is 0.456 e. The normalized spacial score (nSPS) is 11.9. The SMILES string of the molecule is O=C(N[n+]1ccncc1)c1cnc(OCC(F)(F)C(F)(F)F)c(Cl)c1. The predicted octanol–water partition coefficient (Wildman–Crippen LogP) is 2.38. The van der Waals surface area contributed by atoms with Crippen molar-refractivity contribution in [2.45, 2.75) is 12.1 Å². The molecule has 2 aromatic heterocycles. The summed E-state index contributed by atoms with van der Waals surface area (Å²) in [5.41, 5.74) is 2.35. The van der Waals surface area contributed by atoms with Gasteiger partial charge in [0.1, 0.15) is 5.02 Å². The molecular weight excluding hydrogens is 375 g/mol. The first kappa shape index (κ1) is 18.8.